The van der Waals surface area contributed by atoms with Crippen molar-refractivity contribution in [1.29, 1.82) is 0 Å². The molecule has 5 amide bonds. The number of aliphatic carboxylic acids is 1. The summed E-state index contributed by atoms with van der Waals surface area (Å²) in [6.45, 7) is 4.59. The van der Waals surface area contributed by atoms with Gasteiger partial charge in [0.25, 0.3) is 0 Å². The average Bonchev–Trinajstić information content (AvgIpc) is 3.66. The van der Waals surface area contributed by atoms with Crippen molar-refractivity contribution in [3.63, 3.8) is 0 Å². The average molecular weight is 611 g/mol. The van der Waals surface area contributed by atoms with Gasteiger partial charge in [-0.25, -0.2) is 4.79 Å². The molecule has 15 nitrogen and oxygen atoms in total. The zero-order chi connectivity index (χ0) is 32.1. The van der Waals surface area contributed by atoms with E-state index in [4.69, 9.17) is 17.2 Å². The summed E-state index contributed by atoms with van der Waals surface area (Å²) in [6.07, 6.45) is 5.23. The first-order valence-corrected chi connectivity index (χ1v) is 15.3. The molecule has 0 aliphatic carbocycles. The van der Waals surface area contributed by atoms with E-state index >= 15 is 0 Å². The van der Waals surface area contributed by atoms with Crippen LogP contribution < -0.4 is 33.2 Å². The number of unbranched alkanes of at least 4 members (excludes halogenated alkanes) is 2. The van der Waals surface area contributed by atoms with E-state index in [2.05, 4.69) is 16.0 Å². The van der Waals surface area contributed by atoms with Crippen LogP contribution in [0, 0.1) is 0 Å². The number of amides is 5. The van der Waals surface area contributed by atoms with Crippen LogP contribution in [-0.2, 0) is 28.8 Å². The molecule has 43 heavy (non-hydrogen) atoms. The number of carboxylic acid groups (broad SMARTS) is 1. The summed E-state index contributed by atoms with van der Waals surface area (Å²) in [5, 5.41) is 17.1. The highest BCUT2D eigenvalue weighted by Crippen LogP contribution is 2.25. The summed E-state index contributed by atoms with van der Waals surface area (Å²) in [5.74, 6) is -3.55. The van der Waals surface area contributed by atoms with Crippen molar-refractivity contribution in [2.75, 3.05) is 26.2 Å². The van der Waals surface area contributed by atoms with Gasteiger partial charge in [-0.3, -0.25) is 24.0 Å². The van der Waals surface area contributed by atoms with Gasteiger partial charge < -0.3 is 48.1 Å². The van der Waals surface area contributed by atoms with Crippen LogP contribution in [0.2, 0.25) is 0 Å². The normalized spacial score (nSPS) is 21.0. The Hall–Kier alpha value is -3.30. The molecule has 0 saturated carbocycles. The highest BCUT2D eigenvalue weighted by atomic mass is 16.4. The van der Waals surface area contributed by atoms with Crippen molar-refractivity contribution in [2.24, 2.45) is 17.2 Å². The molecule has 0 aromatic rings. The second kappa shape index (κ2) is 17.7. The van der Waals surface area contributed by atoms with Crippen molar-refractivity contribution in [2.45, 2.75) is 114 Å². The monoisotopic (exact) mass is 610 g/mol. The molecule has 2 heterocycles. The predicted molar refractivity (Wildman–Crippen MR) is 158 cm³/mol. The number of hydrogen-bond donors (Lipinski definition) is 7. The third kappa shape index (κ3) is 10.4. The van der Waals surface area contributed by atoms with E-state index in [-0.39, 0.29) is 12.3 Å². The maximum Gasteiger partial charge on any atom is 0.326 e. The first-order chi connectivity index (χ1) is 20.4. The van der Waals surface area contributed by atoms with Gasteiger partial charge >= 0.3 is 5.97 Å². The molecule has 0 bridgehead atoms. The number of likely N-dealkylation sites (tertiary alicyclic amines) is 2. The Bertz CT molecular complexity index is 996. The van der Waals surface area contributed by atoms with Crippen LogP contribution in [0.4, 0.5) is 0 Å². The highest BCUT2D eigenvalue weighted by Gasteiger charge is 2.43. The third-order valence-corrected chi connectivity index (χ3v) is 8.01. The quantitative estimate of drug-likeness (QED) is 0.0905. The van der Waals surface area contributed by atoms with E-state index in [1.165, 1.54) is 16.7 Å². The van der Waals surface area contributed by atoms with Crippen molar-refractivity contribution < 1.29 is 33.9 Å². The Morgan fingerprint density at radius 2 is 1.35 bits per heavy atom. The number of nitrogens with two attached hydrogens (primary N) is 3. The van der Waals surface area contributed by atoms with E-state index in [0.717, 1.165) is 6.42 Å². The molecule has 10 N–H and O–H groups in total. The highest BCUT2D eigenvalue weighted by molar-refractivity contribution is 5.96. The minimum Gasteiger partial charge on any atom is -0.480 e. The number of hydrogen-bond acceptors (Lipinski definition) is 9. The van der Waals surface area contributed by atoms with E-state index in [0.29, 0.717) is 77.5 Å². The fourth-order valence-corrected chi connectivity index (χ4v) is 5.47. The van der Waals surface area contributed by atoms with E-state index in [1.54, 1.807) is 6.92 Å². The van der Waals surface area contributed by atoms with Crippen LogP contribution in [0.25, 0.3) is 0 Å². The third-order valence-electron chi connectivity index (χ3n) is 8.01. The van der Waals surface area contributed by atoms with Gasteiger partial charge in [-0.2, -0.15) is 0 Å². The van der Waals surface area contributed by atoms with Crippen LogP contribution in [0.5, 0.6) is 0 Å². The largest absolute Gasteiger partial charge is 0.480 e. The Balaban J connectivity index is 1.97. The molecule has 0 aromatic carbocycles. The zero-order valence-corrected chi connectivity index (χ0v) is 25.4. The van der Waals surface area contributed by atoms with Gasteiger partial charge in [0.2, 0.25) is 29.5 Å². The molecule has 0 spiro atoms. The van der Waals surface area contributed by atoms with Crippen molar-refractivity contribution in [3.05, 3.63) is 0 Å². The molecular formula is C28H50N8O7. The summed E-state index contributed by atoms with van der Waals surface area (Å²) in [4.78, 5) is 79.6. The molecule has 2 fully saturated rings. The van der Waals surface area contributed by atoms with Gasteiger partial charge in [-0.1, -0.05) is 6.42 Å². The lowest BCUT2D eigenvalue weighted by Gasteiger charge is -2.32. The standard InChI is InChI=1S/C28H50N8O7/c1-17(23(37)34-20(28(42)43)10-4-6-14-30)32-25(39)21-11-7-15-35(21)27(41)22-12-8-16-36(22)26(40)18(2)33-24(38)19(31)9-3-5-13-29/h17-22H,3-16,29-31H2,1-2H3,(H,32,39)(H,33,38)(H,34,37)(H,42,43)/t17-,18-,19-,20-,21-,22-/m0/s1. The SMILES string of the molecule is C[C@H](NC(=O)[C@@H]1CCCN1C(=O)[C@@H]1CCCN1C(=O)[C@H](C)NC(=O)[C@@H](N)CCCCN)C(=O)N[C@@H](CCCCN)C(=O)O. The van der Waals surface area contributed by atoms with Gasteiger partial charge in [0, 0.05) is 13.1 Å². The van der Waals surface area contributed by atoms with Crippen LogP contribution in [-0.4, -0.2) is 113 Å². The molecule has 2 aliphatic heterocycles. The topological polar surface area (TPSA) is 243 Å². The minimum atomic E-state index is -1.17. The molecule has 0 unspecified atom stereocenters. The maximum atomic E-state index is 13.6. The number of nitrogens with one attached hydrogen (secondary N) is 3. The fraction of sp³-hybridized carbons (Fsp3) is 0.786. The van der Waals surface area contributed by atoms with Gasteiger partial charge in [-0.05, 0) is 84.7 Å². The summed E-state index contributed by atoms with van der Waals surface area (Å²) >= 11 is 0. The molecule has 2 aliphatic rings. The molecule has 2 saturated heterocycles. The van der Waals surface area contributed by atoms with E-state index < -0.39 is 65.8 Å². The summed E-state index contributed by atoms with van der Waals surface area (Å²) < 4.78 is 0. The molecule has 0 radical (unpaired) electrons. The number of rotatable bonds is 17. The predicted octanol–water partition coefficient (Wildman–Crippen LogP) is -1.87. The summed E-state index contributed by atoms with van der Waals surface area (Å²) in [7, 11) is 0. The molecule has 0 aromatic heterocycles. The van der Waals surface area contributed by atoms with Gasteiger partial charge in [-0.15, -0.1) is 0 Å². The van der Waals surface area contributed by atoms with Crippen LogP contribution >= 0.6 is 0 Å². The van der Waals surface area contributed by atoms with Crippen molar-refractivity contribution in [3.8, 4) is 0 Å². The first kappa shape index (κ1) is 35.9. The molecule has 2 rings (SSSR count). The molecule has 244 valence electrons. The van der Waals surface area contributed by atoms with Crippen LogP contribution in [0.1, 0.15) is 78.1 Å². The number of carbonyl (C=O) groups excluding carboxylic acids is 5. The fourth-order valence-electron chi connectivity index (χ4n) is 5.47. The second-order valence-electron chi connectivity index (χ2n) is 11.4. The second-order valence-corrected chi connectivity index (χ2v) is 11.4. The lowest BCUT2D eigenvalue weighted by atomic mass is 10.1. The Labute approximate surface area is 253 Å². The van der Waals surface area contributed by atoms with Crippen LogP contribution in [0.3, 0.4) is 0 Å². The van der Waals surface area contributed by atoms with E-state index in [1.807, 2.05) is 0 Å². The summed E-state index contributed by atoms with van der Waals surface area (Å²) in [6, 6.07) is -5.39. The lowest BCUT2D eigenvalue weighted by molar-refractivity contribution is -0.148. The molecule has 15 heteroatoms. The summed E-state index contributed by atoms with van der Waals surface area (Å²) in [5.41, 5.74) is 16.9. The Kier molecular flexibility index (Phi) is 14.8. The Morgan fingerprint density at radius 3 is 1.95 bits per heavy atom. The number of carboxylic acids is 1. The first-order valence-electron chi connectivity index (χ1n) is 15.3. The van der Waals surface area contributed by atoms with Gasteiger partial charge in [0.05, 0.1) is 6.04 Å². The smallest absolute Gasteiger partial charge is 0.326 e. The lowest BCUT2D eigenvalue weighted by Crippen LogP contribution is -2.58. The zero-order valence-electron chi connectivity index (χ0n) is 25.4. The van der Waals surface area contributed by atoms with Crippen LogP contribution in [0.15, 0.2) is 0 Å². The van der Waals surface area contributed by atoms with E-state index in [9.17, 15) is 33.9 Å². The minimum absolute atomic E-state index is 0.213. The number of nitrogens with zero attached hydrogens (tertiary/aromatic N) is 2. The van der Waals surface area contributed by atoms with Gasteiger partial charge in [0.1, 0.15) is 30.2 Å². The van der Waals surface area contributed by atoms with Crippen molar-refractivity contribution >= 4 is 35.5 Å². The molecular weight excluding hydrogens is 560 g/mol. The Morgan fingerprint density at radius 1 is 0.767 bits per heavy atom. The number of carbonyl (C=O) groups is 6. The maximum absolute atomic E-state index is 13.6. The molecule has 6 atom stereocenters. The van der Waals surface area contributed by atoms with Gasteiger partial charge in [0.15, 0.2) is 0 Å². The van der Waals surface area contributed by atoms with Crippen molar-refractivity contribution in [1.82, 2.24) is 25.8 Å².